The van der Waals surface area contributed by atoms with E-state index < -0.39 is 16.7 Å². The molecule has 2 amide bonds. The Morgan fingerprint density at radius 1 is 1.36 bits per heavy atom. The Morgan fingerprint density at radius 3 is 2.50 bits per heavy atom. The normalized spacial score (nSPS) is 10.2. The standard InChI is InChI=1S/C13H13N5O4/c1-2-17-12(10(7-15-17)11(14)19)16-13(20)8-3-5-9(6-4-8)18(21)22/h3-7H,2H2,1H3,(H2,14,19)(H,16,20). The Labute approximate surface area is 124 Å². The molecule has 114 valence electrons. The smallest absolute Gasteiger partial charge is 0.269 e. The van der Waals surface area contributed by atoms with E-state index in [1.807, 2.05) is 0 Å². The molecule has 0 aliphatic carbocycles. The first kappa shape index (κ1) is 15.2. The molecule has 1 aromatic heterocycles. The Hall–Kier alpha value is -3.23. The van der Waals surface area contributed by atoms with Crippen LogP contribution in [0.15, 0.2) is 30.5 Å². The van der Waals surface area contributed by atoms with Crippen LogP contribution in [-0.2, 0) is 6.54 Å². The van der Waals surface area contributed by atoms with Gasteiger partial charge in [-0.05, 0) is 19.1 Å². The molecule has 2 aromatic rings. The number of anilines is 1. The maximum Gasteiger partial charge on any atom is 0.269 e. The third kappa shape index (κ3) is 2.92. The molecule has 0 atom stereocenters. The van der Waals surface area contributed by atoms with Crippen LogP contribution in [0.5, 0.6) is 0 Å². The largest absolute Gasteiger partial charge is 0.365 e. The van der Waals surface area contributed by atoms with Crippen LogP contribution in [0.3, 0.4) is 0 Å². The summed E-state index contributed by atoms with van der Waals surface area (Å²) >= 11 is 0. The van der Waals surface area contributed by atoms with E-state index in [-0.39, 0.29) is 22.6 Å². The molecule has 2 rings (SSSR count). The van der Waals surface area contributed by atoms with Crippen LogP contribution in [0.1, 0.15) is 27.6 Å². The number of non-ortho nitro benzene ring substituents is 1. The number of primary amides is 1. The minimum atomic E-state index is -0.710. The van der Waals surface area contributed by atoms with Crippen LogP contribution in [0.4, 0.5) is 11.5 Å². The van der Waals surface area contributed by atoms with Gasteiger partial charge in [0.25, 0.3) is 17.5 Å². The molecule has 0 bridgehead atoms. The van der Waals surface area contributed by atoms with Crippen molar-refractivity contribution in [2.45, 2.75) is 13.5 Å². The third-order valence-corrected chi connectivity index (χ3v) is 2.98. The van der Waals surface area contributed by atoms with Crippen molar-refractivity contribution < 1.29 is 14.5 Å². The Balaban J connectivity index is 2.27. The molecule has 1 heterocycles. The van der Waals surface area contributed by atoms with E-state index in [1.165, 1.54) is 35.1 Å². The Bertz CT molecular complexity index is 735. The summed E-state index contributed by atoms with van der Waals surface area (Å²) in [6, 6.07) is 5.09. The molecule has 0 aliphatic rings. The van der Waals surface area contributed by atoms with Gasteiger partial charge in [-0.1, -0.05) is 0 Å². The Kier molecular flexibility index (Phi) is 4.16. The highest BCUT2D eigenvalue weighted by Gasteiger charge is 2.18. The summed E-state index contributed by atoms with van der Waals surface area (Å²) in [5, 5.41) is 17.1. The molecule has 0 unspecified atom stereocenters. The molecular weight excluding hydrogens is 290 g/mol. The fraction of sp³-hybridized carbons (Fsp3) is 0.154. The van der Waals surface area contributed by atoms with Crippen molar-refractivity contribution in [1.82, 2.24) is 9.78 Å². The first-order valence-electron chi connectivity index (χ1n) is 6.35. The lowest BCUT2D eigenvalue weighted by atomic mass is 10.2. The zero-order chi connectivity index (χ0) is 16.3. The van der Waals surface area contributed by atoms with Gasteiger partial charge in [0.2, 0.25) is 0 Å². The molecule has 9 nitrogen and oxygen atoms in total. The van der Waals surface area contributed by atoms with Crippen molar-refractivity contribution in [2.75, 3.05) is 5.32 Å². The number of nitro benzene ring substituents is 1. The number of amides is 2. The lowest BCUT2D eigenvalue weighted by molar-refractivity contribution is -0.384. The minimum absolute atomic E-state index is 0.0945. The molecule has 0 saturated heterocycles. The molecule has 0 saturated carbocycles. The van der Waals surface area contributed by atoms with Gasteiger partial charge in [0.15, 0.2) is 0 Å². The van der Waals surface area contributed by atoms with Crippen LogP contribution in [-0.4, -0.2) is 26.5 Å². The summed E-state index contributed by atoms with van der Waals surface area (Å²) in [6.07, 6.45) is 1.28. The molecule has 9 heteroatoms. The predicted molar refractivity (Wildman–Crippen MR) is 77.5 cm³/mol. The predicted octanol–water partition coefficient (Wildman–Crippen LogP) is 1.16. The van der Waals surface area contributed by atoms with Gasteiger partial charge in [-0.15, -0.1) is 0 Å². The number of nitrogens with one attached hydrogen (secondary N) is 1. The number of rotatable bonds is 5. The SMILES string of the molecule is CCn1ncc(C(N)=O)c1NC(=O)c1ccc([N+](=O)[O-])cc1. The van der Waals surface area contributed by atoms with Crippen LogP contribution in [0, 0.1) is 10.1 Å². The van der Waals surface area contributed by atoms with Gasteiger partial charge in [-0.3, -0.25) is 19.7 Å². The molecule has 1 aromatic carbocycles. The quantitative estimate of drug-likeness (QED) is 0.631. The van der Waals surface area contributed by atoms with E-state index >= 15 is 0 Å². The van der Waals surface area contributed by atoms with Crippen molar-refractivity contribution in [2.24, 2.45) is 5.73 Å². The van der Waals surface area contributed by atoms with Gasteiger partial charge in [0.1, 0.15) is 11.4 Å². The number of hydrogen-bond acceptors (Lipinski definition) is 5. The van der Waals surface area contributed by atoms with Crippen LogP contribution >= 0.6 is 0 Å². The fourth-order valence-electron chi connectivity index (χ4n) is 1.85. The summed E-state index contributed by atoms with van der Waals surface area (Å²) < 4.78 is 1.42. The summed E-state index contributed by atoms with van der Waals surface area (Å²) in [7, 11) is 0. The van der Waals surface area contributed by atoms with E-state index in [2.05, 4.69) is 10.4 Å². The van der Waals surface area contributed by atoms with Gasteiger partial charge >= 0.3 is 0 Å². The van der Waals surface area contributed by atoms with Gasteiger partial charge in [-0.25, -0.2) is 4.68 Å². The van der Waals surface area contributed by atoms with E-state index in [4.69, 9.17) is 5.73 Å². The minimum Gasteiger partial charge on any atom is -0.365 e. The van der Waals surface area contributed by atoms with Crippen molar-refractivity contribution >= 4 is 23.3 Å². The molecular formula is C13H13N5O4. The second-order valence-corrected chi connectivity index (χ2v) is 4.34. The molecule has 22 heavy (non-hydrogen) atoms. The molecule has 0 fully saturated rings. The van der Waals surface area contributed by atoms with E-state index in [0.717, 1.165) is 0 Å². The average Bonchev–Trinajstić information content (AvgIpc) is 2.90. The molecule has 0 aliphatic heterocycles. The van der Waals surface area contributed by atoms with Crippen molar-refractivity contribution in [1.29, 1.82) is 0 Å². The number of aromatic nitrogens is 2. The van der Waals surface area contributed by atoms with Gasteiger partial charge in [0.05, 0.1) is 11.1 Å². The zero-order valence-corrected chi connectivity index (χ0v) is 11.6. The summed E-state index contributed by atoms with van der Waals surface area (Å²) in [6.45, 7) is 2.22. The van der Waals surface area contributed by atoms with Gasteiger partial charge in [-0.2, -0.15) is 5.10 Å². The first-order chi connectivity index (χ1) is 10.4. The maximum atomic E-state index is 12.2. The van der Waals surface area contributed by atoms with E-state index in [9.17, 15) is 19.7 Å². The number of nitrogens with zero attached hydrogens (tertiary/aromatic N) is 3. The number of carbonyl (C=O) groups is 2. The lowest BCUT2D eigenvalue weighted by Crippen LogP contribution is -2.19. The van der Waals surface area contributed by atoms with Crippen molar-refractivity contribution in [3.05, 3.63) is 51.7 Å². The molecule has 0 spiro atoms. The fourth-order valence-corrected chi connectivity index (χ4v) is 1.85. The topological polar surface area (TPSA) is 133 Å². The number of aryl methyl sites for hydroxylation is 1. The van der Waals surface area contributed by atoms with Crippen molar-refractivity contribution in [3.63, 3.8) is 0 Å². The summed E-state index contributed by atoms with van der Waals surface area (Å²) in [5.74, 6) is -1.04. The second kappa shape index (κ2) is 6.04. The van der Waals surface area contributed by atoms with Crippen LogP contribution in [0.2, 0.25) is 0 Å². The molecule has 3 N–H and O–H groups in total. The monoisotopic (exact) mass is 303 g/mol. The zero-order valence-electron chi connectivity index (χ0n) is 11.6. The average molecular weight is 303 g/mol. The lowest BCUT2D eigenvalue weighted by Gasteiger charge is -2.08. The molecule has 0 radical (unpaired) electrons. The highest BCUT2D eigenvalue weighted by molar-refractivity contribution is 6.08. The first-order valence-corrected chi connectivity index (χ1v) is 6.35. The number of nitro groups is 1. The second-order valence-electron chi connectivity index (χ2n) is 4.34. The van der Waals surface area contributed by atoms with Crippen LogP contribution < -0.4 is 11.1 Å². The van der Waals surface area contributed by atoms with Gasteiger partial charge < -0.3 is 11.1 Å². The van der Waals surface area contributed by atoms with Gasteiger partial charge in [0, 0.05) is 24.2 Å². The highest BCUT2D eigenvalue weighted by Crippen LogP contribution is 2.17. The Morgan fingerprint density at radius 2 is 2.00 bits per heavy atom. The number of benzene rings is 1. The van der Waals surface area contributed by atoms with Crippen LogP contribution in [0.25, 0.3) is 0 Å². The highest BCUT2D eigenvalue weighted by atomic mass is 16.6. The summed E-state index contributed by atoms with van der Waals surface area (Å²) in [5.41, 5.74) is 5.42. The number of carbonyl (C=O) groups excluding carboxylic acids is 2. The number of nitrogens with two attached hydrogens (primary N) is 1. The third-order valence-electron chi connectivity index (χ3n) is 2.98. The maximum absolute atomic E-state index is 12.2. The van der Waals surface area contributed by atoms with E-state index in [0.29, 0.717) is 6.54 Å². The van der Waals surface area contributed by atoms with E-state index in [1.54, 1.807) is 6.92 Å². The summed E-state index contributed by atoms with van der Waals surface area (Å²) in [4.78, 5) is 33.5. The van der Waals surface area contributed by atoms with Crippen molar-refractivity contribution in [3.8, 4) is 0 Å². The number of hydrogen-bond donors (Lipinski definition) is 2.